The average Bonchev–Trinajstić information content (AvgIpc) is 2.26. The molecule has 0 aromatic carbocycles. The van der Waals surface area contributed by atoms with Crippen LogP contribution < -0.4 is 4.74 Å². The molecule has 0 N–H and O–H groups in total. The number of hydrogen-bond donors (Lipinski definition) is 0. The molecular weight excluding hydrogens is 210 g/mol. The van der Waals surface area contributed by atoms with Gasteiger partial charge in [-0.05, 0) is 19.9 Å². The topological polar surface area (TPSA) is 57.7 Å². The van der Waals surface area contributed by atoms with Crippen LogP contribution in [0.15, 0.2) is 12.1 Å². The third kappa shape index (κ3) is 3.20. The van der Waals surface area contributed by atoms with Gasteiger partial charge in [0.15, 0.2) is 6.79 Å². The van der Waals surface area contributed by atoms with Crippen LogP contribution in [-0.2, 0) is 9.47 Å². The first-order chi connectivity index (χ1) is 7.69. The lowest BCUT2D eigenvalue weighted by molar-refractivity contribution is 0.0474. The van der Waals surface area contributed by atoms with Crippen LogP contribution in [0.1, 0.15) is 23.0 Å². The second-order valence-electron chi connectivity index (χ2n) is 3.05. The number of carbonyl (C=O) groups is 1. The maximum absolute atomic E-state index is 11.5. The van der Waals surface area contributed by atoms with Crippen LogP contribution >= 0.6 is 0 Å². The Morgan fingerprint density at radius 3 is 2.75 bits per heavy atom. The minimum atomic E-state index is -0.370. The van der Waals surface area contributed by atoms with Crippen molar-refractivity contribution in [1.29, 1.82) is 0 Å². The Morgan fingerprint density at radius 1 is 1.44 bits per heavy atom. The SMILES string of the molecule is CCOC(=O)c1ccc(OCOC)nc1C. The van der Waals surface area contributed by atoms with E-state index in [1.807, 2.05) is 0 Å². The molecular formula is C11H15NO4. The molecule has 16 heavy (non-hydrogen) atoms. The van der Waals surface area contributed by atoms with E-state index in [-0.39, 0.29) is 12.8 Å². The van der Waals surface area contributed by atoms with Crippen LogP contribution in [0.2, 0.25) is 0 Å². The quantitative estimate of drug-likeness (QED) is 0.562. The Morgan fingerprint density at radius 2 is 2.19 bits per heavy atom. The number of rotatable bonds is 5. The van der Waals surface area contributed by atoms with Gasteiger partial charge in [0.05, 0.1) is 17.9 Å². The number of methoxy groups -OCH3 is 1. The van der Waals surface area contributed by atoms with Crippen LogP contribution in [0.4, 0.5) is 0 Å². The summed E-state index contributed by atoms with van der Waals surface area (Å²) in [5.41, 5.74) is 1.03. The number of aryl methyl sites for hydroxylation is 1. The van der Waals surface area contributed by atoms with Gasteiger partial charge in [0, 0.05) is 13.2 Å². The largest absolute Gasteiger partial charge is 0.462 e. The highest BCUT2D eigenvalue weighted by Gasteiger charge is 2.11. The molecule has 0 aliphatic heterocycles. The Kier molecular flexibility index (Phi) is 4.72. The van der Waals surface area contributed by atoms with Gasteiger partial charge in [0.1, 0.15) is 0 Å². The van der Waals surface area contributed by atoms with E-state index in [0.29, 0.717) is 23.7 Å². The lowest BCUT2D eigenvalue weighted by Gasteiger charge is -2.07. The first-order valence-corrected chi connectivity index (χ1v) is 4.95. The number of hydrogen-bond acceptors (Lipinski definition) is 5. The lowest BCUT2D eigenvalue weighted by Crippen LogP contribution is -2.09. The summed E-state index contributed by atoms with van der Waals surface area (Å²) >= 11 is 0. The van der Waals surface area contributed by atoms with Gasteiger partial charge >= 0.3 is 5.97 Å². The summed E-state index contributed by atoms with van der Waals surface area (Å²) in [6.45, 7) is 3.97. The van der Waals surface area contributed by atoms with Gasteiger partial charge in [-0.3, -0.25) is 0 Å². The monoisotopic (exact) mass is 225 g/mol. The summed E-state index contributed by atoms with van der Waals surface area (Å²) < 4.78 is 14.8. The van der Waals surface area contributed by atoms with Crippen molar-refractivity contribution in [3.05, 3.63) is 23.4 Å². The van der Waals surface area contributed by atoms with Crippen molar-refractivity contribution >= 4 is 5.97 Å². The van der Waals surface area contributed by atoms with Gasteiger partial charge in [-0.25, -0.2) is 9.78 Å². The number of ether oxygens (including phenoxy) is 3. The Balaban J connectivity index is 2.78. The molecule has 0 spiro atoms. The number of aromatic nitrogens is 1. The predicted molar refractivity (Wildman–Crippen MR) is 57.4 cm³/mol. The molecule has 1 aromatic rings. The van der Waals surface area contributed by atoms with Crippen molar-refractivity contribution in [1.82, 2.24) is 4.98 Å². The van der Waals surface area contributed by atoms with E-state index < -0.39 is 0 Å². The molecule has 0 aliphatic rings. The van der Waals surface area contributed by atoms with Crippen LogP contribution in [0.5, 0.6) is 5.88 Å². The zero-order valence-corrected chi connectivity index (χ0v) is 9.65. The zero-order chi connectivity index (χ0) is 12.0. The van der Waals surface area contributed by atoms with Crippen molar-refractivity contribution < 1.29 is 19.0 Å². The minimum absolute atomic E-state index is 0.130. The molecule has 88 valence electrons. The van der Waals surface area contributed by atoms with Gasteiger partial charge in [-0.2, -0.15) is 0 Å². The number of carbonyl (C=O) groups excluding carboxylic acids is 1. The fourth-order valence-electron chi connectivity index (χ4n) is 1.16. The Labute approximate surface area is 94.3 Å². The maximum atomic E-state index is 11.5. The molecule has 1 aromatic heterocycles. The fraction of sp³-hybridized carbons (Fsp3) is 0.455. The zero-order valence-electron chi connectivity index (χ0n) is 9.65. The van der Waals surface area contributed by atoms with E-state index in [0.717, 1.165) is 0 Å². The fourth-order valence-corrected chi connectivity index (χ4v) is 1.16. The smallest absolute Gasteiger partial charge is 0.339 e. The van der Waals surface area contributed by atoms with Gasteiger partial charge in [-0.15, -0.1) is 0 Å². The molecule has 0 unspecified atom stereocenters. The molecule has 0 saturated carbocycles. The van der Waals surface area contributed by atoms with E-state index >= 15 is 0 Å². The highest BCUT2D eigenvalue weighted by molar-refractivity contribution is 5.90. The standard InChI is InChI=1S/C11H15NO4/c1-4-15-11(13)9-5-6-10(12-8(9)2)16-7-14-3/h5-6H,4,7H2,1-3H3. The second kappa shape index (κ2) is 6.07. The molecule has 0 fully saturated rings. The summed E-state index contributed by atoms with van der Waals surface area (Å²) in [6.07, 6.45) is 0. The highest BCUT2D eigenvalue weighted by atomic mass is 16.7. The van der Waals surface area contributed by atoms with Gasteiger partial charge in [0.25, 0.3) is 0 Å². The molecule has 0 radical (unpaired) electrons. The molecule has 5 nitrogen and oxygen atoms in total. The number of nitrogens with zero attached hydrogens (tertiary/aromatic N) is 1. The molecule has 0 atom stereocenters. The summed E-state index contributed by atoms with van der Waals surface area (Å²) in [5.74, 6) is 0.0539. The van der Waals surface area contributed by atoms with E-state index in [1.54, 1.807) is 26.0 Å². The molecule has 5 heteroatoms. The van der Waals surface area contributed by atoms with Crippen molar-refractivity contribution in [2.24, 2.45) is 0 Å². The third-order valence-electron chi connectivity index (χ3n) is 1.88. The van der Waals surface area contributed by atoms with Crippen molar-refractivity contribution in [2.45, 2.75) is 13.8 Å². The number of pyridine rings is 1. The van der Waals surface area contributed by atoms with Crippen molar-refractivity contribution in [3.8, 4) is 5.88 Å². The molecule has 1 heterocycles. The van der Waals surface area contributed by atoms with E-state index in [9.17, 15) is 4.79 Å². The van der Waals surface area contributed by atoms with Crippen LogP contribution in [-0.4, -0.2) is 31.5 Å². The number of esters is 1. The average molecular weight is 225 g/mol. The Hall–Kier alpha value is -1.62. The Bertz CT molecular complexity index is 365. The minimum Gasteiger partial charge on any atom is -0.462 e. The third-order valence-corrected chi connectivity index (χ3v) is 1.88. The summed E-state index contributed by atoms with van der Waals surface area (Å²) in [7, 11) is 1.53. The molecule has 0 aliphatic carbocycles. The van der Waals surface area contributed by atoms with Gasteiger partial charge < -0.3 is 14.2 Å². The second-order valence-corrected chi connectivity index (χ2v) is 3.05. The van der Waals surface area contributed by atoms with E-state index in [1.165, 1.54) is 7.11 Å². The van der Waals surface area contributed by atoms with Gasteiger partial charge in [0.2, 0.25) is 5.88 Å². The van der Waals surface area contributed by atoms with Crippen LogP contribution in [0, 0.1) is 6.92 Å². The summed E-state index contributed by atoms with van der Waals surface area (Å²) in [5, 5.41) is 0. The predicted octanol–water partition coefficient (Wildman–Crippen LogP) is 1.55. The first kappa shape index (κ1) is 12.4. The molecule has 0 bridgehead atoms. The molecule has 1 rings (SSSR count). The maximum Gasteiger partial charge on any atom is 0.339 e. The summed E-state index contributed by atoms with van der Waals surface area (Å²) in [6, 6.07) is 3.24. The molecule has 0 amide bonds. The van der Waals surface area contributed by atoms with Crippen molar-refractivity contribution in [2.75, 3.05) is 20.5 Å². The van der Waals surface area contributed by atoms with Crippen LogP contribution in [0.25, 0.3) is 0 Å². The highest BCUT2D eigenvalue weighted by Crippen LogP contribution is 2.13. The van der Waals surface area contributed by atoms with E-state index in [4.69, 9.17) is 14.2 Å². The normalized spacial score (nSPS) is 9.94. The molecule has 0 saturated heterocycles. The lowest BCUT2D eigenvalue weighted by atomic mass is 10.2. The van der Waals surface area contributed by atoms with Crippen molar-refractivity contribution in [3.63, 3.8) is 0 Å². The first-order valence-electron chi connectivity index (χ1n) is 4.95. The van der Waals surface area contributed by atoms with E-state index in [2.05, 4.69) is 4.98 Å². The van der Waals surface area contributed by atoms with Gasteiger partial charge in [-0.1, -0.05) is 0 Å². The van der Waals surface area contributed by atoms with Crippen LogP contribution in [0.3, 0.4) is 0 Å². The summed E-state index contributed by atoms with van der Waals surface area (Å²) in [4.78, 5) is 15.6.